The number of aromatic nitrogens is 2. The van der Waals surface area contributed by atoms with E-state index in [4.69, 9.17) is 4.42 Å². The Balaban J connectivity index is 2.01. The van der Waals surface area contributed by atoms with Crippen LogP contribution in [0.2, 0.25) is 0 Å². The first kappa shape index (κ1) is 16.7. The molecule has 0 aliphatic rings. The summed E-state index contributed by atoms with van der Waals surface area (Å²) in [6.45, 7) is 5.04. The van der Waals surface area contributed by atoms with Crippen LogP contribution in [0, 0.1) is 0 Å². The van der Waals surface area contributed by atoms with Crippen LogP contribution in [-0.4, -0.2) is 50.4 Å². The van der Waals surface area contributed by atoms with E-state index in [1.807, 2.05) is 29.2 Å². The van der Waals surface area contributed by atoms with Crippen LogP contribution >= 0.6 is 0 Å². The summed E-state index contributed by atoms with van der Waals surface area (Å²) in [5, 5.41) is 20.6. The molecule has 0 fully saturated rings. The number of H-pyrrole nitrogens is 1. The van der Waals surface area contributed by atoms with Gasteiger partial charge in [-0.05, 0) is 38.1 Å². The van der Waals surface area contributed by atoms with Crippen molar-refractivity contribution in [3.63, 3.8) is 0 Å². The lowest BCUT2D eigenvalue weighted by molar-refractivity contribution is 0.0797. The zero-order chi connectivity index (χ0) is 17.1. The molecule has 0 unspecified atom stereocenters. The van der Waals surface area contributed by atoms with Gasteiger partial charge in [0.25, 0.3) is 0 Å². The van der Waals surface area contributed by atoms with Crippen molar-refractivity contribution in [3.05, 3.63) is 42.3 Å². The molecule has 6 heteroatoms. The number of fused-ring (bicyclic) bond motifs is 1. The van der Waals surface area contributed by atoms with Crippen molar-refractivity contribution in [2.24, 2.45) is 0 Å². The third-order valence-corrected chi connectivity index (χ3v) is 3.87. The highest BCUT2D eigenvalue weighted by molar-refractivity contribution is 5.87. The summed E-state index contributed by atoms with van der Waals surface area (Å²) in [6, 6.07) is 7.67. The van der Waals surface area contributed by atoms with Crippen molar-refractivity contribution in [3.8, 4) is 11.5 Å². The van der Waals surface area contributed by atoms with E-state index >= 15 is 0 Å². The highest BCUT2D eigenvalue weighted by Gasteiger charge is 2.20. The van der Waals surface area contributed by atoms with Gasteiger partial charge in [0, 0.05) is 36.8 Å². The van der Waals surface area contributed by atoms with Gasteiger partial charge in [-0.1, -0.05) is 0 Å². The molecule has 3 aromatic heterocycles. The number of pyridine rings is 1. The summed E-state index contributed by atoms with van der Waals surface area (Å²) in [5.74, 6) is 0.747. The molecule has 3 heterocycles. The monoisotopic (exact) mass is 329 g/mol. The van der Waals surface area contributed by atoms with Crippen molar-refractivity contribution >= 4 is 11.0 Å². The van der Waals surface area contributed by atoms with E-state index in [-0.39, 0.29) is 0 Å². The van der Waals surface area contributed by atoms with Crippen LogP contribution in [0.4, 0.5) is 0 Å². The average molecular weight is 329 g/mol. The molecule has 2 atom stereocenters. The summed E-state index contributed by atoms with van der Waals surface area (Å²) >= 11 is 0. The van der Waals surface area contributed by atoms with Crippen molar-refractivity contribution < 1.29 is 14.6 Å². The van der Waals surface area contributed by atoms with E-state index in [1.54, 1.807) is 26.3 Å². The number of aliphatic hydroxyl groups is 2. The van der Waals surface area contributed by atoms with Crippen molar-refractivity contribution in [1.29, 1.82) is 0 Å². The number of nitrogens with one attached hydrogen (secondary N) is 1. The Bertz CT molecular complexity index is 768. The van der Waals surface area contributed by atoms with Crippen molar-refractivity contribution in [2.45, 2.75) is 32.6 Å². The quantitative estimate of drug-likeness (QED) is 0.620. The van der Waals surface area contributed by atoms with E-state index in [0.717, 1.165) is 28.1 Å². The first-order chi connectivity index (χ1) is 11.5. The summed E-state index contributed by atoms with van der Waals surface area (Å²) in [6.07, 6.45) is 2.44. The maximum absolute atomic E-state index is 9.77. The summed E-state index contributed by atoms with van der Waals surface area (Å²) < 4.78 is 5.56. The lowest BCUT2D eigenvalue weighted by atomic mass is 10.1. The number of aromatic amines is 1. The number of aliphatic hydroxyl groups excluding tert-OH is 2. The lowest BCUT2D eigenvalue weighted by Gasteiger charge is -2.25. The number of furan rings is 1. The lowest BCUT2D eigenvalue weighted by Crippen LogP contribution is -2.35. The van der Waals surface area contributed by atoms with Crippen LogP contribution in [-0.2, 0) is 6.54 Å². The Morgan fingerprint density at radius 3 is 2.54 bits per heavy atom. The van der Waals surface area contributed by atoms with Gasteiger partial charge in [-0.25, -0.2) is 4.98 Å². The average Bonchev–Trinajstić information content (AvgIpc) is 3.14. The minimum atomic E-state index is -0.473. The summed E-state index contributed by atoms with van der Waals surface area (Å²) in [7, 11) is 0. The number of hydrogen-bond acceptors (Lipinski definition) is 5. The molecule has 3 rings (SSSR count). The SMILES string of the molecule is C[C@H](O)CN(Cc1c(-c2ccco2)[nH]c2ncccc12)C[C@@H](C)O. The molecule has 3 aromatic rings. The van der Waals surface area contributed by atoms with Crippen molar-refractivity contribution in [1.82, 2.24) is 14.9 Å². The predicted molar refractivity (Wildman–Crippen MR) is 92.4 cm³/mol. The largest absolute Gasteiger partial charge is 0.463 e. The summed E-state index contributed by atoms with van der Waals surface area (Å²) in [5.41, 5.74) is 2.73. The third kappa shape index (κ3) is 3.67. The maximum atomic E-state index is 9.77. The molecule has 3 N–H and O–H groups in total. The van der Waals surface area contributed by atoms with Crippen LogP contribution in [0.3, 0.4) is 0 Å². The van der Waals surface area contributed by atoms with Gasteiger partial charge in [0.05, 0.1) is 24.2 Å². The van der Waals surface area contributed by atoms with Crippen LogP contribution < -0.4 is 0 Å². The molecule has 0 saturated heterocycles. The highest BCUT2D eigenvalue weighted by atomic mass is 16.3. The first-order valence-corrected chi connectivity index (χ1v) is 8.12. The Labute approximate surface area is 140 Å². The second-order valence-electron chi connectivity index (χ2n) is 6.25. The zero-order valence-corrected chi connectivity index (χ0v) is 13.9. The van der Waals surface area contributed by atoms with Gasteiger partial charge < -0.3 is 19.6 Å². The minimum Gasteiger partial charge on any atom is -0.463 e. The molecule has 0 saturated carbocycles. The Hall–Kier alpha value is -2.15. The van der Waals surface area contributed by atoms with Crippen LogP contribution in [0.15, 0.2) is 41.1 Å². The molecule has 0 amide bonds. The van der Waals surface area contributed by atoms with Crippen LogP contribution in [0.25, 0.3) is 22.5 Å². The maximum Gasteiger partial charge on any atom is 0.150 e. The van der Waals surface area contributed by atoms with Gasteiger partial charge in [0.15, 0.2) is 0 Å². The molecule has 24 heavy (non-hydrogen) atoms. The second-order valence-corrected chi connectivity index (χ2v) is 6.25. The standard InChI is InChI=1S/C18H23N3O3/c1-12(22)9-21(10-13(2)23)11-15-14-5-3-7-19-18(14)20-17(15)16-6-4-8-24-16/h3-8,12-13,22-23H,9-11H2,1-2H3,(H,19,20)/t12-,13+. The Kier molecular flexibility index (Phi) is 4.99. The minimum absolute atomic E-state index is 0.473. The molecule has 0 radical (unpaired) electrons. The topological polar surface area (TPSA) is 85.5 Å². The first-order valence-electron chi connectivity index (χ1n) is 8.12. The van der Waals surface area contributed by atoms with Gasteiger partial charge in [0.1, 0.15) is 11.4 Å². The fourth-order valence-electron chi connectivity index (χ4n) is 3.05. The third-order valence-electron chi connectivity index (χ3n) is 3.87. The molecular weight excluding hydrogens is 306 g/mol. The molecule has 0 aromatic carbocycles. The second kappa shape index (κ2) is 7.17. The van der Waals surface area contributed by atoms with Crippen LogP contribution in [0.5, 0.6) is 0 Å². The number of rotatable bonds is 7. The molecule has 6 nitrogen and oxygen atoms in total. The molecule has 128 valence electrons. The highest BCUT2D eigenvalue weighted by Crippen LogP contribution is 2.30. The number of nitrogens with zero attached hydrogens (tertiary/aromatic N) is 2. The molecular formula is C18H23N3O3. The number of hydrogen-bond donors (Lipinski definition) is 3. The smallest absolute Gasteiger partial charge is 0.150 e. The van der Waals surface area contributed by atoms with Gasteiger partial charge in [-0.2, -0.15) is 0 Å². The Morgan fingerprint density at radius 1 is 1.17 bits per heavy atom. The molecule has 0 bridgehead atoms. The Morgan fingerprint density at radius 2 is 1.92 bits per heavy atom. The zero-order valence-electron chi connectivity index (χ0n) is 13.9. The predicted octanol–water partition coefficient (Wildman–Crippen LogP) is 2.39. The van der Waals surface area contributed by atoms with Gasteiger partial charge >= 0.3 is 0 Å². The summed E-state index contributed by atoms with van der Waals surface area (Å²) in [4.78, 5) is 9.75. The normalized spacial score (nSPS) is 14.4. The van der Waals surface area contributed by atoms with E-state index in [1.165, 1.54) is 0 Å². The van der Waals surface area contributed by atoms with E-state index in [0.29, 0.717) is 19.6 Å². The molecule has 0 aliphatic carbocycles. The van der Waals surface area contributed by atoms with Crippen molar-refractivity contribution in [2.75, 3.05) is 13.1 Å². The van der Waals surface area contributed by atoms with Gasteiger partial charge in [0.2, 0.25) is 0 Å². The van der Waals surface area contributed by atoms with E-state index in [9.17, 15) is 10.2 Å². The molecule has 0 spiro atoms. The fourth-order valence-corrected chi connectivity index (χ4v) is 3.05. The van der Waals surface area contributed by atoms with E-state index < -0.39 is 12.2 Å². The van der Waals surface area contributed by atoms with Crippen LogP contribution in [0.1, 0.15) is 19.4 Å². The fraction of sp³-hybridized carbons (Fsp3) is 0.389. The van der Waals surface area contributed by atoms with Gasteiger partial charge in [-0.3, -0.25) is 4.90 Å². The molecule has 0 aliphatic heterocycles. The van der Waals surface area contributed by atoms with E-state index in [2.05, 4.69) is 9.97 Å². The van der Waals surface area contributed by atoms with Gasteiger partial charge in [-0.15, -0.1) is 0 Å².